The molecule has 0 unspecified atom stereocenters. The summed E-state index contributed by atoms with van der Waals surface area (Å²) in [5, 5.41) is 12.3. The minimum Gasteiger partial charge on any atom is -0.383 e. The van der Waals surface area contributed by atoms with Gasteiger partial charge in [-0.15, -0.1) is 0 Å². The molecule has 0 fully saturated rings. The second-order valence-electron chi connectivity index (χ2n) is 7.43. The summed E-state index contributed by atoms with van der Waals surface area (Å²) in [6.45, 7) is 7.10. The van der Waals surface area contributed by atoms with Crippen LogP contribution < -0.4 is 4.90 Å². The lowest BCUT2D eigenvalue weighted by Gasteiger charge is -2.23. The second-order valence-corrected chi connectivity index (χ2v) is 7.43. The lowest BCUT2D eigenvalue weighted by atomic mass is 10.0. The topological polar surface area (TPSA) is 54.1 Å². The Balaban J connectivity index is 1.84. The predicted octanol–water partition coefficient (Wildman–Crippen LogP) is 4.89. The van der Waals surface area contributed by atoms with Crippen LogP contribution >= 0.6 is 0 Å². The molecule has 1 heterocycles. The van der Waals surface area contributed by atoms with Crippen molar-refractivity contribution in [1.29, 1.82) is 5.26 Å². The molecule has 0 bridgehead atoms. The largest absolute Gasteiger partial charge is 0.383 e. The highest BCUT2D eigenvalue weighted by Crippen LogP contribution is 2.29. The van der Waals surface area contributed by atoms with E-state index < -0.39 is 0 Å². The van der Waals surface area contributed by atoms with Crippen LogP contribution in [-0.2, 0) is 11.3 Å². The SMILES string of the molecule is CCN(CCOC)c1cc(C#N)c2nc(C)n(Cc3cccc4ccccc34)c2c1. The molecule has 0 atom stereocenters. The molecule has 4 aromatic rings. The highest BCUT2D eigenvalue weighted by atomic mass is 16.5. The Morgan fingerprint density at radius 3 is 2.70 bits per heavy atom. The van der Waals surface area contributed by atoms with Crippen LogP contribution in [0, 0.1) is 18.3 Å². The van der Waals surface area contributed by atoms with Crippen LogP contribution in [-0.4, -0.2) is 36.4 Å². The van der Waals surface area contributed by atoms with E-state index >= 15 is 0 Å². The number of hydrogen-bond acceptors (Lipinski definition) is 4. The van der Waals surface area contributed by atoms with Crippen LogP contribution in [0.3, 0.4) is 0 Å². The van der Waals surface area contributed by atoms with Gasteiger partial charge in [-0.05, 0) is 42.3 Å². The number of fused-ring (bicyclic) bond motifs is 2. The Morgan fingerprint density at radius 1 is 1.13 bits per heavy atom. The summed E-state index contributed by atoms with van der Waals surface area (Å²) in [6.07, 6.45) is 0. The first-order valence-electron chi connectivity index (χ1n) is 10.3. The maximum absolute atomic E-state index is 9.78. The molecule has 4 rings (SSSR count). The molecule has 0 aliphatic heterocycles. The van der Waals surface area contributed by atoms with Gasteiger partial charge in [0.25, 0.3) is 0 Å². The fourth-order valence-electron chi connectivity index (χ4n) is 4.06. The molecule has 0 aliphatic rings. The number of nitrogens with zero attached hydrogens (tertiary/aromatic N) is 4. The van der Waals surface area contributed by atoms with E-state index in [1.54, 1.807) is 7.11 Å². The van der Waals surface area contributed by atoms with Crippen molar-refractivity contribution in [3.63, 3.8) is 0 Å². The summed E-state index contributed by atoms with van der Waals surface area (Å²) in [5.41, 5.74) is 4.63. The van der Waals surface area contributed by atoms with Gasteiger partial charge in [0.2, 0.25) is 0 Å². The molecule has 0 saturated heterocycles. The number of hydrogen-bond donors (Lipinski definition) is 0. The number of aromatic nitrogens is 2. The molecule has 5 heteroatoms. The van der Waals surface area contributed by atoms with E-state index in [-0.39, 0.29) is 0 Å². The molecular formula is C25H26N4O. The van der Waals surface area contributed by atoms with E-state index in [4.69, 9.17) is 9.72 Å². The molecule has 0 amide bonds. The number of imidazole rings is 1. The van der Waals surface area contributed by atoms with Gasteiger partial charge in [-0.25, -0.2) is 4.98 Å². The van der Waals surface area contributed by atoms with Crippen LogP contribution in [0.1, 0.15) is 23.9 Å². The number of anilines is 1. The summed E-state index contributed by atoms with van der Waals surface area (Å²) >= 11 is 0. The quantitative estimate of drug-likeness (QED) is 0.445. The number of nitriles is 1. The zero-order chi connectivity index (χ0) is 21.1. The van der Waals surface area contributed by atoms with Crippen LogP contribution in [0.15, 0.2) is 54.6 Å². The van der Waals surface area contributed by atoms with Crippen molar-refractivity contribution in [1.82, 2.24) is 9.55 Å². The van der Waals surface area contributed by atoms with Crippen LogP contribution in [0.5, 0.6) is 0 Å². The highest BCUT2D eigenvalue weighted by molar-refractivity contribution is 5.88. The van der Waals surface area contributed by atoms with Crippen molar-refractivity contribution in [3.05, 3.63) is 71.5 Å². The third kappa shape index (κ3) is 3.62. The Kier molecular flexibility index (Phi) is 5.69. The van der Waals surface area contributed by atoms with Gasteiger partial charge in [0.15, 0.2) is 0 Å². The third-order valence-electron chi connectivity index (χ3n) is 5.67. The van der Waals surface area contributed by atoms with Crippen molar-refractivity contribution in [2.24, 2.45) is 0 Å². The van der Waals surface area contributed by atoms with Gasteiger partial charge < -0.3 is 14.2 Å². The van der Waals surface area contributed by atoms with E-state index in [1.807, 2.05) is 13.0 Å². The molecule has 0 radical (unpaired) electrons. The van der Waals surface area contributed by atoms with Crippen molar-refractivity contribution >= 4 is 27.5 Å². The summed E-state index contributed by atoms with van der Waals surface area (Å²) in [6, 6.07) is 21.3. The summed E-state index contributed by atoms with van der Waals surface area (Å²) < 4.78 is 7.48. The van der Waals surface area contributed by atoms with Gasteiger partial charge >= 0.3 is 0 Å². The van der Waals surface area contributed by atoms with Crippen LogP contribution in [0.4, 0.5) is 5.69 Å². The predicted molar refractivity (Wildman–Crippen MR) is 122 cm³/mol. The standard InChI is InChI=1S/C25H26N4O/c1-4-28(12-13-30-3)22-14-21(16-26)25-24(15-22)29(18(2)27-25)17-20-10-7-9-19-8-5-6-11-23(19)20/h5-11,14-15H,4,12-13,17H2,1-3H3. The molecule has 30 heavy (non-hydrogen) atoms. The zero-order valence-corrected chi connectivity index (χ0v) is 17.7. The van der Waals surface area contributed by atoms with Gasteiger partial charge in [0.05, 0.1) is 17.7 Å². The van der Waals surface area contributed by atoms with Crippen molar-refractivity contribution in [2.45, 2.75) is 20.4 Å². The van der Waals surface area contributed by atoms with Crippen molar-refractivity contribution in [2.75, 3.05) is 31.7 Å². The first-order chi connectivity index (χ1) is 14.7. The fraction of sp³-hybridized carbons (Fsp3) is 0.280. The van der Waals surface area contributed by atoms with E-state index in [0.717, 1.165) is 35.6 Å². The number of methoxy groups -OCH3 is 1. The Hall–Kier alpha value is -3.36. The zero-order valence-electron chi connectivity index (χ0n) is 17.7. The fourth-order valence-corrected chi connectivity index (χ4v) is 4.06. The highest BCUT2D eigenvalue weighted by Gasteiger charge is 2.16. The summed E-state index contributed by atoms with van der Waals surface area (Å²) in [5.74, 6) is 0.909. The van der Waals surface area contributed by atoms with E-state index in [9.17, 15) is 5.26 Å². The van der Waals surface area contributed by atoms with Crippen molar-refractivity contribution < 1.29 is 4.74 Å². The normalized spacial score (nSPS) is 11.1. The van der Waals surface area contributed by atoms with Crippen LogP contribution in [0.2, 0.25) is 0 Å². The second kappa shape index (κ2) is 8.56. The smallest absolute Gasteiger partial charge is 0.107 e. The number of benzene rings is 3. The average Bonchev–Trinajstić information content (AvgIpc) is 3.09. The maximum Gasteiger partial charge on any atom is 0.107 e. The molecular weight excluding hydrogens is 372 g/mol. The molecule has 0 spiro atoms. The molecule has 0 aliphatic carbocycles. The van der Waals surface area contributed by atoms with Crippen LogP contribution in [0.25, 0.3) is 21.8 Å². The molecule has 1 aromatic heterocycles. The van der Waals surface area contributed by atoms with Gasteiger partial charge in [0, 0.05) is 32.4 Å². The molecule has 3 aromatic carbocycles. The number of likely N-dealkylation sites (N-methyl/N-ethyl adjacent to an activating group) is 1. The maximum atomic E-state index is 9.78. The third-order valence-corrected chi connectivity index (χ3v) is 5.67. The lowest BCUT2D eigenvalue weighted by Crippen LogP contribution is -2.26. The molecule has 152 valence electrons. The average molecular weight is 399 g/mol. The number of aryl methyl sites for hydroxylation is 1. The van der Waals surface area contributed by atoms with E-state index in [0.29, 0.717) is 18.7 Å². The minimum atomic E-state index is 0.609. The Labute approximate surface area is 177 Å². The Bertz CT molecular complexity index is 1230. The first kappa shape index (κ1) is 19.9. The van der Waals surface area contributed by atoms with Gasteiger partial charge in [-0.2, -0.15) is 5.26 Å². The number of rotatable bonds is 7. The van der Waals surface area contributed by atoms with E-state index in [1.165, 1.54) is 16.3 Å². The minimum absolute atomic E-state index is 0.609. The number of ether oxygens (including phenoxy) is 1. The molecule has 0 saturated carbocycles. The van der Waals surface area contributed by atoms with Gasteiger partial charge in [-0.3, -0.25) is 0 Å². The van der Waals surface area contributed by atoms with Crippen molar-refractivity contribution in [3.8, 4) is 6.07 Å². The first-order valence-corrected chi connectivity index (χ1v) is 10.3. The van der Waals surface area contributed by atoms with E-state index in [2.05, 4.69) is 71.0 Å². The summed E-state index contributed by atoms with van der Waals surface area (Å²) in [4.78, 5) is 6.98. The van der Waals surface area contributed by atoms with Gasteiger partial charge in [0.1, 0.15) is 17.4 Å². The Morgan fingerprint density at radius 2 is 1.93 bits per heavy atom. The monoisotopic (exact) mass is 398 g/mol. The lowest BCUT2D eigenvalue weighted by molar-refractivity contribution is 0.205. The van der Waals surface area contributed by atoms with Gasteiger partial charge in [-0.1, -0.05) is 42.5 Å². The summed E-state index contributed by atoms with van der Waals surface area (Å²) in [7, 11) is 1.71. The molecule has 0 N–H and O–H groups in total. The molecule has 5 nitrogen and oxygen atoms in total.